The number of likely N-dealkylation sites (tertiary alicyclic amines) is 1. The van der Waals surface area contributed by atoms with Crippen LogP contribution < -0.4 is 4.90 Å². The lowest BCUT2D eigenvalue weighted by Crippen LogP contribution is -2.48. The number of anilines is 1. The number of rotatable bonds is 4. The maximum absolute atomic E-state index is 12.6. The maximum atomic E-state index is 12.6. The molecule has 25 heavy (non-hydrogen) atoms. The summed E-state index contributed by atoms with van der Waals surface area (Å²) in [5, 5.41) is 0. The quantitative estimate of drug-likeness (QED) is 0.766. The van der Waals surface area contributed by atoms with Gasteiger partial charge in [0.1, 0.15) is 6.54 Å². The summed E-state index contributed by atoms with van der Waals surface area (Å²) in [6, 6.07) is 7.65. The Morgan fingerprint density at radius 1 is 1.24 bits per heavy atom. The van der Waals surface area contributed by atoms with Gasteiger partial charge in [-0.3, -0.25) is 14.4 Å². The first-order chi connectivity index (χ1) is 12.1. The minimum atomic E-state index is -0.174. The van der Waals surface area contributed by atoms with E-state index in [4.69, 9.17) is 4.74 Å². The lowest BCUT2D eigenvalue weighted by molar-refractivity contribution is -0.151. The molecule has 6 nitrogen and oxygen atoms in total. The maximum Gasteiger partial charge on any atom is 0.309 e. The molecule has 3 rings (SSSR count). The number of esters is 1. The highest BCUT2D eigenvalue weighted by Gasteiger charge is 2.31. The number of hydrogen-bond acceptors (Lipinski definition) is 5. The van der Waals surface area contributed by atoms with E-state index in [1.165, 1.54) is 11.8 Å². The van der Waals surface area contributed by atoms with Crippen LogP contribution in [-0.2, 0) is 19.1 Å². The molecule has 7 heteroatoms. The minimum absolute atomic E-state index is 0.0431. The van der Waals surface area contributed by atoms with Crippen LogP contribution in [0.5, 0.6) is 0 Å². The van der Waals surface area contributed by atoms with Gasteiger partial charge in [0.05, 0.1) is 24.0 Å². The normalized spacial score (nSPS) is 18.0. The van der Waals surface area contributed by atoms with Gasteiger partial charge < -0.3 is 14.5 Å². The van der Waals surface area contributed by atoms with Crippen LogP contribution in [0.1, 0.15) is 19.8 Å². The number of nitrogens with zero attached hydrogens (tertiary/aromatic N) is 2. The van der Waals surface area contributed by atoms with Gasteiger partial charge in [-0.15, -0.1) is 11.8 Å². The Bertz CT molecular complexity index is 671. The van der Waals surface area contributed by atoms with Crippen molar-refractivity contribution >= 4 is 35.2 Å². The topological polar surface area (TPSA) is 66.9 Å². The van der Waals surface area contributed by atoms with E-state index in [1.807, 2.05) is 24.3 Å². The van der Waals surface area contributed by atoms with Crippen LogP contribution >= 0.6 is 11.8 Å². The molecule has 0 unspecified atom stereocenters. The van der Waals surface area contributed by atoms with E-state index >= 15 is 0 Å². The van der Waals surface area contributed by atoms with Gasteiger partial charge in [0, 0.05) is 18.0 Å². The van der Waals surface area contributed by atoms with E-state index in [1.54, 1.807) is 16.7 Å². The van der Waals surface area contributed by atoms with Crippen molar-refractivity contribution in [2.75, 3.05) is 36.9 Å². The summed E-state index contributed by atoms with van der Waals surface area (Å²) in [4.78, 5) is 41.0. The zero-order chi connectivity index (χ0) is 17.8. The summed E-state index contributed by atoms with van der Waals surface area (Å²) in [7, 11) is 0. The van der Waals surface area contributed by atoms with Gasteiger partial charge in [0.25, 0.3) is 0 Å². The molecule has 0 bridgehead atoms. The second-order valence-electron chi connectivity index (χ2n) is 6.14. The molecule has 134 valence electrons. The molecule has 0 N–H and O–H groups in total. The largest absolute Gasteiger partial charge is 0.466 e. The van der Waals surface area contributed by atoms with Gasteiger partial charge in [-0.25, -0.2) is 0 Å². The van der Waals surface area contributed by atoms with Crippen molar-refractivity contribution < 1.29 is 19.1 Å². The monoisotopic (exact) mass is 362 g/mol. The standard InChI is InChI=1S/C18H22N2O4S/c1-2-24-18(23)13-7-9-19(10-8-13)16(21)11-20-14-5-3-4-6-15(14)25-12-17(20)22/h3-6,13H,2,7-12H2,1H3. The zero-order valence-corrected chi connectivity index (χ0v) is 15.1. The molecule has 2 heterocycles. The SMILES string of the molecule is CCOC(=O)C1CCN(C(=O)CN2C(=O)CSc3ccccc32)CC1. The van der Waals surface area contributed by atoms with Crippen LogP contribution in [0.3, 0.4) is 0 Å². The fourth-order valence-electron chi connectivity index (χ4n) is 3.19. The van der Waals surface area contributed by atoms with Gasteiger partial charge in [0.2, 0.25) is 11.8 Å². The first-order valence-electron chi connectivity index (χ1n) is 8.56. The number of para-hydroxylation sites is 1. The summed E-state index contributed by atoms with van der Waals surface area (Å²) in [6.07, 6.45) is 1.23. The third-order valence-electron chi connectivity index (χ3n) is 4.57. The number of carbonyl (C=O) groups excluding carboxylic acids is 3. The Hall–Kier alpha value is -2.02. The molecule has 0 aliphatic carbocycles. The van der Waals surface area contributed by atoms with Crippen molar-refractivity contribution in [1.29, 1.82) is 0 Å². The second kappa shape index (κ2) is 7.91. The Balaban J connectivity index is 1.60. The van der Waals surface area contributed by atoms with Crippen LogP contribution in [0.25, 0.3) is 0 Å². The molecule has 0 atom stereocenters. The molecule has 2 aliphatic heterocycles. The Morgan fingerprint density at radius 3 is 2.68 bits per heavy atom. The number of hydrogen-bond donors (Lipinski definition) is 0. The number of benzene rings is 1. The summed E-state index contributed by atoms with van der Waals surface area (Å²) >= 11 is 1.50. The van der Waals surface area contributed by atoms with Crippen molar-refractivity contribution in [3.63, 3.8) is 0 Å². The number of fused-ring (bicyclic) bond motifs is 1. The number of carbonyl (C=O) groups is 3. The third-order valence-corrected chi connectivity index (χ3v) is 5.62. The molecular weight excluding hydrogens is 340 g/mol. The van der Waals surface area contributed by atoms with Crippen LogP contribution in [-0.4, -0.2) is 54.7 Å². The molecule has 2 amide bonds. The smallest absolute Gasteiger partial charge is 0.309 e. The van der Waals surface area contributed by atoms with E-state index < -0.39 is 0 Å². The lowest BCUT2D eigenvalue weighted by atomic mass is 9.97. The van der Waals surface area contributed by atoms with E-state index in [0.717, 1.165) is 10.6 Å². The Kier molecular flexibility index (Phi) is 5.63. The average molecular weight is 362 g/mol. The first kappa shape index (κ1) is 17.8. The first-order valence-corrected chi connectivity index (χ1v) is 9.55. The highest BCUT2D eigenvalue weighted by molar-refractivity contribution is 8.00. The van der Waals surface area contributed by atoms with Crippen molar-refractivity contribution in [2.24, 2.45) is 5.92 Å². The number of thioether (sulfide) groups is 1. The van der Waals surface area contributed by atoms with Crippen LogP contribution in [0.15, 0.2) is 29.2 Å². The van der Waals surface area contributed by atoms with Gasteiger partial charge in [-0.1, -0.05) is 12.1 Å². The summed E-state index contributed by atoms with van der Waals surface area (Å²) in [5.41, 5.74) is 0.804. The number of ether oxygens (including phenoxy) is 1. The van der Waals surface area contributed by atoms with Gasteiger partial charge in [-0.05, 0) is 31.9 Å². The highest BCUT2D eigenvalue weighted by atomic mass is 32.2. The fourth-order valence-corrected chi connectivity index (χ4v) is 4.12. The fraction of sp³-hybridized carbons (Fsp3) is 0.500. The molecule has 0 saturated carbocycles. The van der Waals surface area contributed by atoms with Crippen molar-refractivity contribution in [3.05, 3.63) is 24.3 Å². The van der Waals surface area contributed by atoms with E-state index in [-0.39, 0.29) is 30.2 Å². The number of amides is 2. The predicted molar refractivity (Wildman–Crippen MR) is 95.5 cm³/mol. The predicted octanol–water partition coefficient (Wildman–Crippen LogP) is 1.93. The van der Waals surface area contributed by atoms with Crippen molar-refractivity contribution in [3.8, 4) is 0 Å². The van der Waals surface area contributed by atoms with E-state index in [2.05, 4.69) is 0 Å². The van der Waals surface area contributed by atoms with E-state index in [9.17, 15) is 14.4 Å². The number of piperidine rings is 1. The van der Waals surface area contributed by atoms with Gasteiger partial charge in [-0.2, -0.15) is 0 Å². The average Bonchev–Trinajstić information content (AvgIpc) is 2.64. The van der Waals surface area contributed by atoms with Gasteiger partial charge in [0.15, 0.2) is 0 Å². The molecule has 1 fully saturated rings. The summed E-state index contributed by atoms with van der Waals surface area (Å²) in [6.45, 7) is 3.29. The Labute approximate surface area is 151 Å². The zero-order valence-electron chi connectivity index (χ0n) is 14.3. The Morgan fingerprint density at radius 2 is 1.96 bits per heavy atom. The summed E-state index contributed by atoms with van der Waals surface area (Å²) in [5.74, 6) is -0.0600. The molecule has 1 saturated heterocycles. The molecule has 1 aromatic carbocycles. The lowest BCUT2D eigenvalue weighted by Gasteiger charge is -2.34. The second-order valence-corrected chi connectivity index (χ2v) is 7.16. The highest BCUT2D eigenvalue weighted by Crippen LogP contribution is 2.34. The van der Waals surface area contributed by atoms with Crippen LogP contribution in [0.4, 0.5) is 5.69 Å². The van der Waals surface area contributed by atoms with Gasteiger partial charge >= 0.3 is 5.97 Å². The van der Waals surface area contributed by atoms with Crippen LogP contribution in [0.2, 0.25) is 0 Å². The molecule has 1 aromatic rings. The van der Waals surface area contributed by atoms with Crippen LogP contribution in [0, 0.1) is 5.92 Å². The minimum Gasteiger partial charge on any atom is -0.466 e. The molecule has 0 aromatic heterocycles. The molecule has 0 spiro atoms. The third kappa shape index (κ3) is 3.98. The molecular formula is C18H22N2O4S. The summed E-state index contributed by atoms with van der Waals surface area (Å²) < 4.78 is 5.05. The van der Waals surface area contributed by atoms with Crippen molar-refractivity contribution in [2.45, 2.75) is 24.7 Å². The van der Waals surface area contributed by atoms with Crippen molar-refractivity contribution in [1.82, 2.24) is 4.90 Å². The molecule has 2 aliphatic rings. The van der Waals surface area contributed by atoms with E-state index in [0.29, 0.717) is 38.3 Å². The molecule has 0 radical (unpaired) electrons.